The Morgan fingerprint density at radius 1 is 1.47 bits per heavy atom. The van der Waals surface area contributed by atoms with Crippen LogP contribution in [-0.4, -0.2) is 28.8 Å². The van der Waals surface area contributed by atoms with E-state index in [-0.39, 0.29) is 6.61 Å². The number of halogens is 1. The number of nitrogens with zero attached hydrogens (tertiary/aromatic N) is 1. The van der Waals surface area contributed by atoms with Crippen LogP contribution in [0.25, 0.3) is 11.3 Å². The molecule has 4 nitrogen and oxygen atoms in total. The highest BCUT2D eigenvalue weighted by Crippen LogP contribution is 2.29. The number of imidazole rings is 1. The molecule has 2 aromatic rings. The maximum absolute atomic E-state index is 8.82. The predicted octanol–water partition coefficient (Wildman–Crippen LogP) is 2.27. The molecule has 0 radical (unpaired) electrons. The summed E-state index contributed by atoms with van der Waals surface area (Å²) in [6.45, 7) is 0.0727. The van der Waals surface area contributed by atoms with Crippen molar-refractivity contribution in [2.75, 3.05) is 13.7 Å². The van der Waals surface area contributed by atoms with Gasteiger partial charge in [-0.15, -0.1) is 0 Å². The summed E-state index contributed by atoms with van der Waals surface area (Å²) >= 11 is 6.15. The minimum atomic E-state index is 0.0727. The first-order valence-electron chi connectivity index (χ1n) is 5.23. The van der Waals surface area contributed by atoms with E-state index in [1.807, 2.05) is 12.1 Å². The number of hydrogen-bond acceptors (Lipinski definition) is 3. The number of aliphatic hydroxyl groups is 1. The summed E-state index contributed by atoms with van der Waals surface area (Å²) in [6.07, 6.45) is 2.21. The van der Waals surface area contributed by atoms with Crippen LogP contribution in [0.15, 0.2) is 24.4 Å². The van der Waals surface area contributed by atoms with Crippen molar-refractivity contribution in [3.05, 3.63) is 35.2 Å². The third kappa shape index (κ3) is 2.60. The molecular weight excluding hydrogens is 240 g/mol. The zero-order chi connectivity index (χ0) is 12.3. The van der Waals surface area contributed by atoms with Gasteiger partial charge in [0, 0.05) is 12.0 Å². The minimum Gasteiger partial charge on any atom is -0.497 e. The van der Waals surface area contributed by atoms with Gasteiger partial charge >= 0.3 is 0 Å². The van der Waals surface area contributed by atoms with Gasteiger partial charge in [0.1, 0.15) is 11.6 Å². The highest BCUT2D eigenvalue weighted by Gasteiger charge is 2.08. The number of ether oxygens (including phenoxy) is 1. The first-order valence-corrected chi connectivity index (χ1v) is 5.61. The van der Waals surface area contributed by atoms with E-state index < -0.39 is 0 Å². The number of nitrogens with one attached hydrogen (secondary N) is 1. The predicted molar refractivity (Wildman–Crippen MR) is 66.4 cm³/mol. The molecular formula is C12H13ClN2O2. The molecule has 1 aromatic heterocycles. The summed E-state index contributed by atoms with van der Waals surface area (Å²) in [6, 6.07) is 5.47. The van der Waals surface area contributed by atoms with Gasteiger partial charge in [0.25, 0.3) is 0 Å². The molecule has 0 unspecified atom stereocenters. The van der Waals surface area contributed by atoms with Crippen LogP contribution < -0.4 is 4.74 Å². The Balaban J connectivity index is 2.32. The average molecular weight is 253 g/mol. The van der Waals surface area contributed by atoms with Crippen LogP contribution >= 0.6 is 11.6 Å². The summed E-state index contributed by atoms with van der Waals surface area (Å²) in [4.78, 5) is 7.27. The lowest BCUT2D eigenvalue weighted by Gasteiger charge is -2.04. The quantitative estimate of drug-likeness (QED) is 0.878. The van der Waals surface area contributed by atoms with Gasteiger partial charge in [-0.05, 0) is 18.2 Å². The molecule has 0 spiro atoms. The molecule has 1 aromatic carbocycles. The van der Waals surface area contributed by atoms with Gasteiger partial charge in [0.2, 0.25) is 0 Å². The van der Waals surface area contributed by atoms with E-state index in [4.69, 9.17) is 21.4 Å². The smallest absolute Gasteiger partial charge is 0.120 e. The zero-order valence-corrected chi connectivity index (χ0v) is 10.2. The number of H-pyrrole nitrogens is 1. The van der Waals surface area contributed by atoms with E-state index in [1.54, 1.807) is 19.4 Å². The lowest BCUT2D eigenvalue weighted by molar-refractivity contribution is 0.297. The molecule has 0 aliphatic heterocycles. The molecule has 1 heterocycles. The molecule has 0 saturated heterocycles. The normalized spacial score (nSPS) is 10.5. The van der Waals surface area contributed by atoms with Crippen LogP contribution in [0.1, 0.15) is 5.82 Å². The van der Waals surface area contributed by atoms with Crippen molar-refractivity contribution in [1.82, 2.24) is 9.97 Å². The monoisotopic (exact) mass is 252 g/mol. The maximum atomic E-state index is 8.82. The highest BCUT2D eigenvalue weighted by molar-refractivity contribution is 6.33. The SMILES string of the molecule is COc1ccc(-c2cnc(CCO)[nH]2)c(Cl)c1. The van der Waals surface area contributed by atoms with Gasteiger partial charge in [-0.2, -0.15) is 0 Å². The third-order valence-corrected chi connectivity index (χ3v) is 2.76. The third-order valence-electron chi connectivity index (χ3n) is 2.44. The number of aromatic nitrogens is 2. The molecule has 0 fully saturated rings. The van der Waals surface area contributed by atoms with Crippen molar-refractivity contribution >= 4 is 11.6 Å². The van der Waals surface area contributed by atoms with E-state index in [9.17, 15) is 0 Å². The van der Waals surface area contributed by atoms with Gasteiger partial charge in [-0.1, -0.05) is 11.6 Å². The molecule has 0 bridgehead atoms. The summed E-state index contributed by atoms with van der Waals surface area (Å²) in [5.74, 6) is 1.46. The van der Waals surface area contributed by atoms with Crippen molar-refractivity contribution in [1.29, 1.82) is 0 Å². The summed E-state index contributed by atoms with van der Waals surface area (Å²) in [5, 5.41) is 9.42. The van der Waals surface area contributed by atoms with E-state index in [2.05, 4.69) is 9.97 Å². The lowest BCUT2D eigenvalue weighted by Crippen LogP contribution is -1.92. The van der Waals surface area contributed by atoms with E-state index in [0.29, 0.717) is 17.2 Å². The molecule has 5 heteroatoms. The second kappa shape index (κ2) is 5.21. The Kier molecular flexibility index (Phi) is 3.66. The van der Waals surface area contributed by atoms with E-state index in [0.717, 1.165) is 17.1 Å². The topological polar surface area (TPSA) is 58.1 Å². The molecule has 0 atom stereocenters. The Bertz CT molecular complexity index is 511. The Labute approximate surface area is 104 Å². The summed E-state index contributed by atoms with van der Waals surface area (Å²) in [7, 11) is 1.60. The van der Waals surface area contributed by atoms with Gasteiger partial charge < -0.3 is 14.8 Å². The van der Waals surface area contributed by atoms with Crippen LogP contribution in [0.2, 0.25) is 5.02 Å². The summed E-state index contributed by atoms with van der Waals surface area (Å²) in [5.41, 5.74) is 1.70. The van der Waals surface area contributed by atoms with E-state index in [1.165, 1.54) is 0 Å². The minimum absolute atomic E-state index is 0.0727. The van der Waals surface area contributed by atoms with Crippen LogP contribution in [0.5, 0.6) is 5.75 Å². The fourth-order valence-corrected chi connectivity index (χ4v) is 1.85. The number of methoxy groups -OCH3 is 1. The Morgan fingerprint density at radius 3 is 2.94 bits per heavy atom. The van der Waals surface area contributed by atoms with Gasteiger partial charge in [0.15, 0.2) is 0 Å². The standard InChI is InChI=1S/C12H13ClN2O2/c1-17-8-2-3-9(10(13)6-8)11-7-14-12(15-11)4-5-16/h2-3,6-7,16H,4-5H2,1H3,(H,14,15). The molecule has 0 aliphatic carbocycles. The molecule has 0 amide bonds. The van der Waals surface area contributed by atoms with Gasteiger partial charge in [0.05, 0.1) is 30.6 Å². The summed E-state index contributed by atoms with van der Waals surface area (Å²) < 4.78 is 5.09. The largest absolute Gasteiger partial charge is 0.497 e. The van der Waals surface area contributed by atoms with Crippen LogP contribution in [0.3, 0.4) is 0 Å². The molecule has 90 valence electrons. The molecule has 0 aliphatic rings. The highest BCUT2D eigenvalue weighted by atomic mass is 35.5. The fourth-order valence-electron chi connectivity index (χ4n) is 1.57. The second-order valence-corrected chi connectivity index (χ2v) is 3.97. The molecule has 2 rings (SSSR count). The number of aromatic amines is 1. The molecule has 2 N–H and O–H groups in total. The van der Waals surface area contributed by atoms with E-state index >= 15 is 0 Å². The van der Waals surface area contributed by atoms with Crippen LogP contribution in [0.4, 0.5) is 0 Å². The molecule has 0 saturated carbocycles. The van der Waals surface area contributed by atoms with Crippen molar-refractivity contribution in [2.45, 2.75) is 6.42 Å². The lowest BCUT2D eigenvalue weighted by atomic mass is 10.1. The Hall–Kier alpha value is -1.52. The van der Waals surface area contributed by atoms with Crippen molar-refractivity contribution in [3.63, 3.8) is 0 Å². The van der Waals surface area contributed by atoms with Crippen molar-refractivity contribution < 1.29 is 9.84 Å². The van der Waals surface area contributed by atoms with Crippen molar-refractivity contribution in [3.8, 4) is 17.0 Å². The second-order valence-electron chi connectivity index (χ2n) is 3.56. The fraction of sp³-hybridized carbons (Fsp3) is 0.250. The van der Waals surface area contributed by atoms with Gasteiger partial charge in [-0.25, -0.2) is 4.98 Å². The number of benzene rings is 1. The van der Waals surface area contributed by atoms with Crippen LogP contribution in [0, 0.1) is 0 Å². The average Bonchev–Trinajstić information content (AvgIpc) is 2.78. The maximum Gasteiger partial charge on any atom is 0.120 e. The number of aliphatic hydroxyl groups excluding tert-OH is 1. The van der Waals surface area contributed by atoms with Gasteiger partial charge in [-0.3, -0.25) is 0 Å². The number of rotatable bonds is 4. The first kappa shape index (κ1) is 12.0. The van der Waals surface area contributed by atoms with Crippen molar-refractivity contribution in [2.24, 2.45) is 0 Å². The first-order chi connectivity index (χ1) is 8.24. The zero-order valence-electron chi connectivity index (χ0n) is 9.40. The van der Waals surface area contributed by atoms with Crippen LogP contribution in [-0.2, 0) is 6.42 Å². The molecule has 17 heavy (non-hydrogen) atoms. The number of hydrogen-bond donors (Lipinski definition) is 2. The Morgan fingerprint density at radius 2 is 2.29 bits per heavy atom.